The van der Waals surface area contributed by atoms with Crippen molar-refractivity contribution in [3.8, 4) is 5.88 Å². The SMILES string of the molecule is CC.CN(C)CCCOc1nn(Cc2ccccc2)c2ccccc12. The molecule has 0 unspecified atom stereocenters. The minimum atomic E-state index is 0.685. The number of hydrogen-bond donors (Lipinski definition) is 0. The molecule has 0 aliphatic carbocycles. The maximum atomic E-state index is 5.93. The van der Waals surface area contributed by atoms with Crippen LogP contribution in [0.4, 0.5) is 0 Å². The number of hydrogen-bond acceptors (Lipinski definition) is 3. The molecule has 0 spiro atoms. The van der Waals surface area contributed by atoms with Crippen LogP contribution in [0.5, 0.6) is 5.88 Å². The second-order valence-corrected chi connectivity index (χ2v) is 5.97. The van der Waals surface area contributed by atoms with Crippen molar-refractivity contribution in [1.29, 1.82) is 0 Å². The van der Waals surface area contributed by atoms with Crippen LogP contribution >= 0.6 is 0 Å². The summed E-state index contributed by atoms with van der Waals surface area (Å²) >= 11 is 0. The molecule has 3 rings (SSSR count). The van der Waals surface area contributed by atoms with Crippen molar-refractivity contribution in [3.05, 3.63) is 60.2 Å². The van der Waals surface area contributed by atoms with Gasteiger partial charge in [-0.05, 0) is 38.2 Å². The molecule has 4 nitrogen and oxygen atoms in total. The number of aromatic nitrogens is 2. The molecule has 0 saturated heterocycles. The lowest BCUT2D eigenvalue weighted by molar-refractivity contribution is 0.273. The predicted octanol–water partition coefficient (Wildman–Crippen LogP) is 4.44. The molecule has 0 aliphatic rings. The second-order valence-electron chi connectivity index (χ2n) is 5.97. The molecular formula is C21H29N3O. The van der Waals surface area contributed by atoms with Crippen molar-refractivity contribution >= 4 is 10.9 Å². The molecule has 25 heavy (non-hydrogen) atoms. The standard InChI is InChI=1S/C19H23N3O.C2H6/c1-21(2)13-8-14-23-19-17-11-6-7-12-18(17)22(20-19)15-16-9-4-3-5-10-16;1-2/h3-7,9-12H,8,13-15H2,1-2H3;1-2H3. The van der Waals surface area contributed by atoms with E-state index >= 15 is 0 Å². The largest absolute Gasteiger partial charge is 0.476 e. The van der Waals surface area contributed by atoms with Gasteiger partial charge in [-0.25, -0.2) is 0 Å². The molecule has 0 saturated carbocycles. The molecule has 4 heteroatoms. The number of nitrogens with zero attached hydrogens (tertiary/aromatic N) is 3. The lowest BCUT2D eigenvalue weighted by Crippen LogP contribution is -2.15. The lowest BCUT2D eigenvalue weighted by Gasteiger charge is -2.09. The molecule has 2 aromatic carbocycles. The molecule has 0 aliphatic heterocycles. The Kier molecular flexibility index (Phi) is 7.48. The fraction of sp³-hybridized carbons (Fsp3) is 0.381. The van der Waals surface area contributed by atoms with Gasteiger partial charge in [0.1, 0.15) is 0 Å². The third-order valence-corrected chi connectivity index (χ3v) is 3.79. The highest BCUT2D eigenvalue weighted by molar-refractivity contribution is 5.84. The first-order valence-electron chi connectivity index (χ1n) is 9.01. The Balaban J connectivity index is 0.00000109. The van der Waals surface area contributed by atoms with Crippen molar-refractivity contribution in [2.75, 3.05) is 27.2 Å². The van der Waals surface area contributed by atoms with Gasteiger partial charge in [0.05, 0.1) is 24.1 Å². The Morgan fingerprint density at radius 1 is 0.960 bits per heavy atom. The fourth-order valence-corrected chi connectivity index (χ4v) is 2.63. The maximum absolute atomic E-state index is 5.93. The van der Waals surface area contributed by atoms with E-state index in [-0.39, 0.29) is 0 Å². The summed E-state index contributed by atoms with van der Waals surface area (Å²) in [5.74, 6) is 0.732. The predicted molar refractivity (Wildman–Crippen MR) is 105 cm³/mol. The number of benzene rings is 2. The summed E-state index contributed by atoms with van der Waals surface area (Å²) in [6.07, 6.45) is 0.993. The Bertz CT molecular complexity index is 750. The summed E-state index contributed by atoms with van der Waals surface area (Å²) in [5, 5.41) is 5.76. The summed E-state index contributed by atoms with van der Waals surface area (Å²) < 4.78 is 7.95. The smallest absolute Gasteiger partial charge is 0.240 e. The van der Waals surface area contributed by atoms with E-state index in [2.05, 4.69) is 60.5 Å². The Morgan fingerprint density at radius 3 is 2.36 bits per heavy atom. The molecule has 0 atom stereocenters. The van der Waals surface area contributed by atoms with Crippen LogP contribution in [-0.2, 0) is 6.54 Å². The maximum Gasteiger partial charge on any atom is 0.240 e. The summed E-state index contributed by atoms with van der Waals surface area (Å²) in [6, 6.07) is 18.6. The van der Waals surface area contributed by atoms with Crippen LogP contribution in [0.25, 0.3) is 10.9 Å². The molecule has 0 radical (unpaired) electrons. The molecular weight excluding hydrogens is 310 g/mol. The molecule has 1 heterocycles. The van der Waals surface area contributed by atoms with Crippen molar-refractivity contribution in [2.45, 2.75) is 26.8 Å². The molecule has 1 aromatic heterocycles. The highest BCUT2D eigenvalue weighted by Gasteiger charge is 2.11. The van der Waals surface area contributed by atoms with E-state index in [4.69, 9.17) is 4.74 Å². The number of fused-ring (bicyclic) bond motifs is 1. The molecule has 0 N–H and O–H groups in total. The number of para-hydroxylation sites is 1. The van der Waals surface area contributed by atoms with Crippen LogP contribution in [0, 0.1) is 0 Å². The first-order chi connectivity index (χ1) is 12.2. The van der Waals surface area contributed by atoms with Gasteiger partial charge in [0, 0.05) is 6.54 Å². The minimum Gasteiger partial charge on any atom is -0.476 e. The van der Waals surface area contributed by atoms with Gasteiger partial charge in [0.2, 0.25) is 5.88 Å². The van der Waals surface area contributed by atoms with Crippen LogP contribution in [0.1, 0.15) is 25.8 Å². The highest BCUT2D eigenvalue weighted by Crippen LogP contribution is 2.25. The van der Waals surface area contributed by atoms with Crippen LogP contribution in [0.15, 0.2) is 54.6 Å². The first-order valence-corrected chi connectivity index (χ1v) is 9.01. The van der Waals surface area contributed by atoms with Gasteiger partial charge in [-0.3, -0.25) is 4.68 Å². The first kappa shape index (κ1) is 19.0. The van der Waals surface area contributed by atoms with Crippen molar-refractivity contribution < 1.29 is 4.74 Å². The van der Waals surface area contributed by atoms with Gasteiger partial charge in [0.25, 0.3) is 0 Å². The van der Waals surface area contributed by atoms with Gasteiger partial charge in [0.15, 0.2) is 0 Å². The summed E-state index contributed by atoms with van der Waals surface area (Å²) in [7, 11) is 4.15. The minimum absolute atomic E-state index is 0.685. The van der Waals surface area contributed by atoms with Crippen LogP contribution < -0.4 is 4.74 Å². The van der Waals surface area contributed by atoms with E-state index in [1.807, 2.05) is 36.7 Å². The molecule has 0 amide bonds. The van der Waals surface area contributed by atoms with Crippen molar-refractivity contribution in [1.82, 2.24) is 14.7 Å². The summed E-state index contributed by atoms with van der Waals surface area (Å²) in [6.45, 7) is 6.45. The molecule has 3 aromatic rings. The summed E-state index contributed by atoms with van der Waals surface area (Å²) in [4.78, 5) is 2.16. The van der Waals surface area contributed by atoms with Gasteiger partial charge in [-0.15, -0.1) is 5.10 Å². The second kappa shape index (κ2) is 9.84. The third-order valence-electron chi connectivity index (χ3n) is 3.79. The Labute approximate surface area is 151 Å². The van der Waals surface area contributed by atoms with Gasteiger partial charge in [-0.2, -0.15) is 0 Å². The quantitative estimate of drug-likeness (QED) is 0.596. The van der Waals surface area contributed by atoms with Crippen LogP contribution in [0.2, 0.25) is 0 Å². The summed E-state index contributed by atoms with van der Waals surface area (Å²) in [5.41, 5.74) is 2.35. The Hall–Kier alpha value is -2.33. The van der Waals surface area contributed by atoms with E-state index in [9.17, 15) is 0 Å². The monoisotopic (exact) mass is 339 g/mol. The zero-order chi connectivity index (χ0) is 18.1. The lowest BCUT2D eigenvalue weighted by atomic mass is 10.2. The zero-order valence-corrected chi connectivity index (χ0v) is 15.8. The van der Waals surface area contributed by atoms with Gasteiger partial charge in [-0.1, -0.05) is 56.3 Å². The fourth-order valence-electron chi connectivity index (χ4n) is 2.63. The average Bonchev–Trinajstić information content (AvgIpc) is 2.99. The van der Waals surface area contributed by atoms with Gasteiger partial charge < -0.3 is 9.64 Å². The Morgan fingerprint density at radius 2 is 1.64 bits per heavy atom. The van der Waals surface area contributed by atoms with Crippen molar-refractivity contribution in [2.24, 2.45) is 0 Å². The van der Waals surface area contributed by atoms with Crippen LogP contribution in [0.3, 0.4) is 0 Å². The van der Waals surface area contributed by atoms with E-state index in [0.717, 1.165) is 36.3 Å². The van der Waals surface area contributed by atoms with Crippen LogP contribution in [-0.4, -0.2) is 41.9 Å². The highest BCUT2D eigenvalue weighted by atomic mass is 16.5. The van der Waals surface area contributed by atoms with Crippen molar-refractivity contribution in [3.63, 3.8) is 0 Å². The number of ether oxygens (including phenoxy) is 1. The molecule has 134 valence electrons. The molecule has 0 bridgehead atoms. The zero-order valence-electron chi connectivity index (χ0n) is 15.8. The van der Waals surface area contributed by atoms with Gasteiger partial charge >= 0.3 is 0 Å². The van der Waals surface area contributed by atoms with E-state index in [1.165, 1.54) is 5.56 Å². The van der Waals surface area contributed by atoms with E-state index < -0.39 is 0 Å². The topological polar surface area (TPSA) is 30.3 Å². The van der Waals surface area contributed by atoms with E-state index in [0.29, 0.717) is 6.61 Å². The number of rotatable bonds is 7. The average molecular weight is 339 g/mol. The van der Waals surface area contributed by atoms with E-state index in [1.54, 1.807) is 0 Å². The third kappa shape index (κ3) is 5.33. The molecule has 0 fully saturated rings. The normalized spacial score (nSPS) is 10.6.